The molecule has 0 bridgehead atoms. The number of hydrogen-bond acceptors (Lipinski definition) is 2. The molecule has 6 heteroatoms. The molecule has 1 saturated heterocycles. The van der Waals surface area contributed by atoms with Gasteiger partial charge in [-0.2, -0.15) is 0 Å². The van der Waals surface area contributed by atoms with Gasteiger partial charge in [-0.3, -0.25) is 9.79 Å². The average Bonchev–Trinajstić information content (AvgIpc) is 2.58. The van der Waals surface area contributed by atoms with Gasteiger partial charge in [0.2, 0.25) is 5.91 Å². The van der Waals surface area contributed by atoms with E-state index in [0.717, 1.165) is 45.0 Å². The molecule has 0 radical (unpaired) electrons. The average molecular weight is 472 g/mol. The van der Waals surface area contributed by atoms with E-state index >= 15 is 0 Å². The van der Waals surface area contributed by atoms with E-state index < -0.39 is 0 Å². The van der Waals surface area contributed by atoms with Crippen LogP contribution in [0.15, 0.2) is 29.3 Å². The third kappa shape index (κ3) is 7.13. The Morgan fingerprint density at radius 1 is 1.38 bits per heavy atom. The number of aliphatic imine (C=N–C) groups is 1. The molecule has 3 N–H and O–H groups in total. The van der Waals surface area contributed by atoms with E-state index in [2.05, 4.69) is 55.3 Å². The number of carbonyl (C=O) groups excluding carboxylic acids is 1. The van der Waals surface area contributed by atoms with Gasteiger partial charge in [0.15, 0.2) is 5.96 Å². The maximum Gasteiger partial charge on any atom is 0.217 e. The number of nitrogens with one attached hydrogen (secondary N) is 1. The topological polar surface area (TPSA) is 70.7 Å². The number of likely N-dealkylation sites (tertiary alicyclic amines) is 1. The molecule has 146 valence electrons. The number of piperidine rings is 1. The van der Waals surface area contributed by atoms with Gasteiger partial charge in [-0.05, 0) is 38.2 Å². The van der Waals surface area contributed by atoms with Crippen LogP contribution in [0.3, 0.4) is 0 Å². The van der Waals surface area contributed by atoms with Crippen LogP contribution in [-0.2, 0) is 4.79 Å². The van der Waals surface area contributed by atoms with E-state index in [0.29, 0.717) is 18.3 Å². The summed E-state index contributed by atoms with van der Waals surface area (Å²) < 4.78 is 0. The predicted molar refractivity (Wildman–Crippen MR) is 119 cm³/mol. The Bertz CT molecular complexity index is 588. The van der Waals surface area contributed by atoms with Crippen molar-refractivity contribution in [1.29, 1.82) is 0 Å². The lowest BCUT2D eigenvalue weighted by atomic mass is 9.95. The standard InChI is InChI=1S/C20H32N4O.HI/c1-4-22-20(24-11-5-6-17(14-24)12-19(21)25)23-13-16(3)18-9-7-15(2)8-10-18;/h7-10,16-17H,4-6,11-14H2,1-3H3,(H2,21,25)(H,22,23);1H. The van der Waals surface area contributed by atoms with Crippen molar-refractivity contribution in [3.63, 3.8) is 0 Å². The molecule has 1 amide bonds. The van der Waals surface area contributed by atoms with Gasteiger partial charge in [-0.1, -0.05) is 36.8 Å². The minimum absolute atomic E-state index is 0. The second-order valence-electron chi connectivity index (χ2n) is 7.13. The molecular formula is C20H33IN4O. The third-order valence-electron chi connectivity index (χ3n) is 4.80. The Morgan fingerprint density at radius 3 is 2.69 bits per heavy atom. The monoisotopic (exact) mass is 472 g/mol. The Kier molecular flexibility index (Phi) is 9.98. The number of carbonyl (C=O) groups is 1. The van der Waals surface area contributed by atoms with Crippen molar-refractivity contribution in [2.24, 2.45) is 16.6 Å². The molecule has 1 heterocycles. The molecule has 1 fully saturated rings. The zero-order valence-electron chi connectivity index (χ0n) is 16.2. The van der Waals surface area contributed by atoms with E-state index in [1.807, 2.05) is 0 Å². The molecule has 1 aliphatic heterocycles. The van der Waals surface area contributed by atoms with Crippen molar-refractivity contribution in [3.8, 4) is 0 Å². The van der Waals surface area contributed by atoms with Gasteiger partial charge in [-0.15, -0.1) is 24.0 Å². The molecule has 0 aliphatic carbocycles. The third-order valence-corrected chi connectivity index (χ3v) is 4.80. The van der Waals surface area contributed by atoms with Gasteiger partial charge in [0.05, 0.1) is 0 Å². The van der Waals surface area contributed by atoms with Crippen LogP contribution in [0.4, 0.5) is 0 Å². The molecule has 1 aromatic carbocycles. The fourth-order valence-electron chi connectivity index (χ4n) is 3.36. The summed E-state index contributed by atoms with van der Waals surface area (Å²) in [5, 5.41) is 3.40. The summed E-state index contributed by atoms with van der Waals surface area (Å²) in [5.41, 5.74) is 7.97. The van der Waals surface area contributed by atoms with Crippen molar-refractivity contribution in [3.05, 3.63) is 35.4 Å². The summed E-state index contributed by atoms with van der Waals surface area (Å²) in [6, 6.07) is 8.68. The second kappa shape index (κ2) is 11.4. The van der Waals surface area contributed by atoms with E-state index in [1.54, 1.807) is 0 Å². The highest BCUT2D eigenvalue weighted by Gasteiger charge is 2.23. The summed E-state index contributed by atoms with van der Waals surface area (Å²) in [6.07, 6.45) is 2.62. The van der Waals surface area contributed by atoms with Crippen LogP contribution >= 0.6 is 24.0 Å². The number of rotatable bonds is 6. The number of amides is 1. The molecule has 1 aliphatic rings. The maximum atomic E-state index is 11.2. The number of benzene rings is 1. The van der Waals surface area contributed by atoms with Crippen molar-refractivity contribution in [2.45, 2.75) is 46.0 Å². The summed E-state index contributed by atoms with van der Waals surface area (Å²) in [5.74, 6) is 1.46. The summed E-state index contributed by atoms with van der Waals surface area (Å²) in [6.45, 7) is 9.84. The molecule has 26 heavy (non-hydrogen) atoms. The van der Waals surface area contributed by atoms with Gasteiger partial charge < -0.3 is 16.0 Å². The smallest absolute Gasteiger partial charge is 0.217 e. The number of guanidine groups is 1. The molecule has 0 saturated carbocycles. The number of aryl methyl sites for hydroxylation is 1. The first kappa shape index (κ1) is 22.7. The molecule has 2 unspecified atom stereocenters. The number of nitrogens with zero attached hydrogens (tertiary/aromatic N) is 2. The van der Waals surface area contributed by atoms with Gasteiger partial charge >= 0.3 is 0 Å². The SMILES string of the molecule is CCNC(=NCC(C)c1ccc(C)cc1)N1CCCC(CC(N)=O)C1.I. The second-order valence-corrected chi connectivity index (χ2v) is 7.13. The van der Waals surface area contributed by atoms with E-state index in [1.165, 1.54) is 11.1 Å². The minimum atomic E-state index is -0.207. The van der Waals surface area contributed by atoms with Gasteiger partial charge in [0.1, 0.15) is 0 Å². The lowest BCUT2D eigenvalue weighted by Crippen LogP contribution is -2.47. The van der Waals surface area contributed by atoms with Crippen LogP contribution < -0.4 is 11.1 Å². The van der Waals surface area contributed by atoms with Crippen LogP contribution in [0.1, 0.15) is 50.2 Å². The summed E-state index contributed by atoms with van der Waals surface area (Å²) in [4.78, 5) is 18.4. The van der Waals surface area contributed by atoms with E-state index in [9.17, 15) is 4.79 Å². The van der Waals surface area contributed by atoms with Crippen LogP contribution in [0, 0.1) is 12.8 Å². The molecule has 0 aromatic heterocycles. The van der Waals surface area contributed by atoms with Crippen molar-refractivity contribution < 1.29 is 4.79 Å². The van der Waals surface area contributed by atoms with Gasteiger partial charge in [0, 0.05) is 38.5 Å². The predicted octanol–water partition coefficient (Wildman–Crippen LogP) is 3.27. The maximum absolute atomic E-state index is 11.2. The Labute approximate surface area is 174 Å². The zero-order valence-corrected chi connectivity index (χ0v) is 18.5. The Morgan fingerprint density at radius 2 is 2.08 bits per heavy atom. The lowest BCUT2D eigenvalue weighted by molar-refractivity contribution is -0.119. The zero-order chi connectivity index (χ0) is 18.2. The van der Waals surface area contributed by atoms with E-state index in [-0.39, 0.29) is 29.9 Å². The lowest BCUT2D eigenvalue weighted by Gasteiger charge is -2.34. The van der Waals surface area contributed by atoms with Crippen molar-refractivity contribution >= 4 is 35.8 Å². The van der Waals surface area contributed by atoms with Gasteiger partial charge in [-0.25, -0.2) is 0 Å². The van der Waals surface area contributed by atoms with Crippen LogP contribution in [-0.4, -0.2) is 42.9 Å². The highest BCUT2D eigenvalue weighted by atomic mass is 127. The quantitative estimate of drug-likeness (QED) is 0.379. The molecular weight excluding hydrogens is 439 g/mol. The summed E-state index contributed by atoms with van der Waals surface area (Å²) in [7, 11) is 0. The molecule has 2 atom stereocenters. The Hall–Kier alpha value is -1.31. The number of hydrogen-bond donors (Lipinski definition) is 2. The first-order valence-corrected chi connectivity index (χ1v) is 9.37. The highest BCUT2D eigenvalue weighted by Crippen LogP contribution is 2.20. The summed E-state index contributed by atoms with van der Waals surface area (Å²) >= 11 is 0. The van der Waals surface area contributed by atoms with Crippen LogP contribution in [0.25, 0.3) is 0 Å². The number of halogens is 1. The first-order valence-electron chi connectivity index (χ1n) is 9.37. The molecule has 1 aromatic rings. The Balaban J connectivity index is 0.00000338. The van der Waals surface area contributed by atoms with Crippen LogP contribution in [0.2, 0.25) is 0 Å². The highest BCUT2D eigenvalue weighted by molar-refractivity contribution is 14.0. The van der Waals surface area contributed by atoms with Gasteiger partial charge in [0.25, 0.3) is 0 Å². The fourth-order valence-corrected chi connectivity index (χ4v) is 3.36. The fraction of sp³-hybridized carbons (Fsp3) is 0.600. The van der Waals surface area contributed by atoms with Crippen molar-refractivity contribution in [1.82, 2.24) is 10.2 Å². The molecule has 0 spiro atoms. The van der Waals surface area contributed by atoms with Crippen molar-refractivity contribution in [2.75, 3.05) is 26.2 Å². The van der Waals surface area contributed by atoms with Crippen LogP contribution in [0.5, 0.6) is 0 Å². The van der Waals surface area contributed by atoms with E-state index in [4.69, 9.17) is 10.7 Å². The number of primary amides is 1. The first-order chi connectivity index (χ1) is 12.0. The largest absolute Gasteiger partial charge is 0.370 e. The normalized spacial score (nSPS) is 18.8. The minimum Gasteiger partial charge on any atom is -0.370 e. The molecule has 5 nitrogen and oxygen atoms in total. The number of nitrogens with two attached hydrogens (primary N) is 1. The molecule has 2 rings (SSSR count).